The molecule has 134 valence electrons. The van der Waals surface area contributed by atoms with Gasteiger partial charge in [0.1, 0.15) is 0 Å². The van der Waals surface area contributed by atoms with Crippen LogP contribution in [0.4, 0.5) is 0 Å². The zero-order chi connectivity index (χ0) is 18.7. The standard InChI is InChI=1S/C22H25N3O/c1-16-10-12-18(13-11-16)20-14-19(24-25(20)4)21(26)23-22(2,3)15-17-8-6-5-7-9-17/h5-14H,15H2,1-4H3,(H,23,26). The third kappa shape index (κ3) is 4.20. The first kappa shape index (κ1) is 17.9. The number of rotatable bonds is 5. The van der Waals surface area contributed by atoms with Gasteiger partial charge in [-0.3, -0.25) is 9.48 Å². The molecule has 1 aromatic heterocycles. The molecule has 4 nitrogen and oxygen atoms in total. The molecule has 0 atom stereocenters. The van der Waals surface area contributed by atoms with Crippen LogP contribution in [0.25, 0.3) is 11.3 Å². The first-order valence-corrected chi connectivity index (χ1v) is 8.82. The van der Waals surface area contributed by atoms with Crippen molar-refractivity contribution in [2.75, 3.05) is 0 Å². The van der Waals surface area contributed by atoms with E-state index in [-0.39, 0.29) is 11.4 Å². The number of amides is 1. The number of nitrogens with zero attached hydrogens (tertiary/aromatic N) is 2. The minimum absolute atomic E-state index is 0.153. The Morgan fingerprint density at radius 3 is 2.38 bits per heavy atom. The summed E-state index contributed by atoms with van der Waals surface area (Å²) in [5.74, 6) is -0.153. The van der Waals surface area contributed by atoms with E-state index in [0.29, 0.717) is 5.69 Å². The van der Waals surface area contributed by atoms with Gasteiger partial charge in [0.25, 0.3) is 5.91 Å². The molecular formula is C22H25N3O. The summed E-state index contributed by atoms with van der Waals surface area (Å²) < 4.78 is 1.75. The molecule has 0 radical (unpaired) electrons. The van der Waals surface area contributed by atoms with E-state index in [0.717, 1.165) is 17.7 Å². The van der Waals surface area contributed by atoms with Gasteiger partial charge < -0.3 is 5.32 Å². The maximum Gasteiger partial charge on any atom is 0.272 e. The molecule has 1 heterocycles. The monoisotopic (exact) mass is 347 g/mol. The van der Waals surface area contributed by atoms with Crippen molar-refractivity contribution in [2.45, 2.75) is 32.7 Å². The number of carbonyl (C=O) groups is 1. The van der Waals surface area contributed by atoms with Crippen LogP contribution in [-0.2, 0) is 13.5 Å². The quantitative estimate of drug-likeness (QED) is 0.754. The molecule has 1 amide bonds. The molecule has 1 N–H and O–H groups in total. The minimum Gasteiger partial charge on any atom is -0.345 e. The van der Waals surface area contributed by atoms with Gasteiger partial charge in [-0.2, -0.15) is 5.10 Å². The zero-order valence-electron chi connectivity index (χ0n) is 15.8. The highest BCUT2D eigenvalue weighted by Crippen LogP contribution is 2.21. The Labute approximate surface area is 154 Å². The van der Waals surface area contributed by atoms with Crippen LogP contribution in [0.2, 0.25) is 0 Å². The minimum atomic E-state index is -0.361. The molecule has 2 aromatic carbocycles. The Bertz CT molecular complexity index is 893. The van der Waals surface area contributed by atoms with Gasteiger partial charge in [0.15, 0.2) is 5.69 Å². The predicted octanol–water partition coefficient (Wildman–Crippen LogP) is 4.15. The van der Waals surface area contributed by atoms with Gasteiger partial charge in [-0.05, 0) is 44.4 Å². The molecule has 0 aliphatic carbocycles. The summed E-state index contributed by atoms with van der Waals surface area (Å²) in [7, 11) is 1.86. The zero-order valence-corrected chi connectivity index (χ0v) is 15.8. The molecule has 0 unspecified atom stereocenters. The number of hydrogen-bond donors (Lipinski definition) is 1. The Morgan fingerprint density at radius 1 is 1.08 bits per heavy atom. The first-order valence-electron chi connectivity index (χ1n) is 8.82. The number of hydrogen-bond acceptors (Lipinski definition) is 2. The molecule has 0 spiro atoms. The summed E-state index contributed by atoms with van der Waals surface area (Å²) >= 11 is 0. The van der Waals surface area contributed by atoms with E-state index in [2.05, 4.69) is 41.6 Å². The highest BCUT2D eigenvalue weighted by Gasteiger charge is 2.23. The smallest absolute Gasteiger partial charge is 0.272 e. The van der Waals surface area contributed by atoms with Crippen molar-refractivity contribution >= 4 is 5.91 Å². The van der Waals surface area contributed by atoms with Gasteiger partial charge in [0.2, 0.25) is 0 Å². The third-order valence-corrected chi connectivity index (χ3v) is 4.40. The average molecular weight is 347 g/mol. The molecule has 0 aliphatic rings. The van der Waals surface area contributed by atoms with Gasteiger partial charge >= 0.3 is 0 Å². The lowest BCUT2D eigenvalue weighted by Gasteiger charge is -2.26. The summed E-state index contributed by atoms with van der Waals surface area (Å²) in [5.41, 5.74) is 4.45. The van der Waals surface area contributed by atoms with Crippen molar-refractivity contribution in [1.29, 1.82) is 0 Å². The first-order chi connectivity index (χ1) is 12.3. The molecule has 0 saturated heterocycles. The van der Waals surface area contributed by atoms with Gasteiger partial charge in [-0.15, -0.1) is 0 Å². The van der Waals surface area contributed by atoms with E-state index in [1.54, 1.807) is 4.68 Å². The molecular weight excluding hydrogens is 322 g/mol. The van der Waals surface area contributed by atoms with Crippen LogP contribution in [0.1, 0.15) is 35.5 Å². The van der Waals surface area contributed by atoms with E-state index in [4.69, 9.17) is 0 Å². The van der Waals surface area contributed by atoms with Gasteiger partial charge in [0.05, 0.1) is 5.69 Å². The second-order valence-corrected chi connectivity index (χ2v) is 7.40. The van der Waals surface area contributed by atoms with Crippen LogP contribution in [0.5, 0.6) is 0 Å². The molecule has 3 aromatic rings. The lowest BCUT2D eigenvalue weighted by molar-refractivity contribution is 0.0907. The van der Waals surface area contributed by atoms with E-state index in [9.17, 15) is 4.79 Å². The Hall–Kier alpha value is -2.88. The van der Waals surface area contributed by atoms with Crippen molar-refractivity contribution in [2.24, 2.45) is 7.05 Å². The fraction of sp³-hybridized carbons (Fsp3) is 0.273. The van der Waals surface area contributed by atoms with Crippen LogP contribution in [-0.4, -0.2) is 21.2 Å². The molecule has 0 bridgehead atoms. The lowest BCUT2D eigenvalue weighted by atomic mass is 9.95. The average Bonchev–Trinajstić information content (AvgIpc) is 2.98. The summed E-state index contributed by atoms with van der Waals surface area (Å²) in [6, 6.07) is 20.2. The fourth-order valence-corrected chi connectivity index (χ4v) is 3.09. The second-order valence-electron chi connectivity index (χ2n) is 7.40. The highest BCUT2D eigenvalue weighted by molar-refractivity contribution is 5.94. The number of benzene rings is 2. The van der Waals surface area contributed by atoms with Crippen LogP contribution in [0.3, 0.4) is 0 Å². The fourth-order valence-electron chi connectivity index (χ4n) is 3.09. The van der Waals surface area contributed by atoms with E-state index in [1.807, 2.05) is 57.3 Å². The van der Waals surface area contributed by atoms with Crippen molar-refractivity contribution in [3.8, 4) is 11.3 Å². The van der Waals surface area contributed by atoms with E-state index >= 15 is 0 Å². The number of carbonyl (C=O) groups excluding carboxylic acids is 1. The van der Waals surface area contributed by atoms with Crippen LogP contribution < -0.4 is 5.32 Å². The number of aryl methyl sites for hydroxylation is 2. The summed E-state index contributed by atoms with van der Waals surface area (Å²) in [4.78, 5) is 12.7. The summed E-state index contributed by atoms with van der Waals surface area (Å²) in [6.07, 6.45) is 0.761. The van der Waals surface area contributed by atoms with Gasteiger partial charge in [-0.25, -0.2) is 0 Å². The second kappa shape index (κ2) is 7.16. The van der Waals surface area contributed by atoms with Crippen LogP contribution >= 0.6 is 0 Å². The number of aromatic nitrogens is 2. The van der Waals surface area contributed by atoms with Crippen molar-refractivity contribution in [1.82, 2.24) is 15.1 Å². The molecule has 0 aliphatic heterocycles. The summed E-state index contributed by atoms with van der Waals surface area (Å²) in [5, 5.41) is 7.51. The third-order valence-electron chi connectivity index (χ3n) is 4.40. The van der Waals surface area contributed by atoms with Crippen molar-refractivity contribution in [3.63, 3.8) is 0 Å². The lowest BCUT2D eigenvalue weighted by Crippen LogP contribution is -2.45. The van der Waals surface area contributed by atoms with Crippen molar-refractivity contribution in [3.05, 3.63) is 77.5 Å². The van der Waals surface area contributed by atoms with E-state index in [1.165, 1.54) is 11.1 Å². The predicted molar refractivity (Wildman–Crippen MR) is 105 cm³/mol. The SMILES string of the molecule is Cc1ccc(-c2cc(C(=O)NC(C)(C)Cc3ccccc3)nn2C)cc1. The van der Waals surface area contributed by atoms with Gasteiger partial charge in [0, 0.05) is 12.6 Å². The van der Waals surface area contributed by atoms with Crippen molar-refractivity contribution < 1.29 is 4.79 Å². The van der Waals surface area contributed by atoms with Crippen LogP contribution in [0, 0.1) is 6.92 Å². The largest absolute Gasteiger partial charge is 0.345 e. The summed E-state index contributed by atoms with van der Waals surface area (Å²) in [6.45, 7) is 6.12. The molecule has 4 heteroatoms. The number of nitrogens with one attached hydrogen (secondary N) is 1. The topological polar surface area (TPSA) is 46.9 Å². The Balaban J connectivity index is 1.76. The Morgan fingerprint density at radius 2 is 1.73 bits per heavy atom. The maximum atomic E-state index is 12.7. The van der Waals surface area contributed by atoms with Crippen LogP contribution in [0.15, 0.2) is 60.7 Å². The highest BCUT2D eigenvalue weighted by atomic mass is 16.2. The maximum absolute atomic E-state index is 12.7. The van der Waals surface area contributed by atoms with Gasteiger partial charge in [-0.1, -0.05) is 60.2 Å². The Kier molecular flexibility index (Phi) is 4.94. The normalized spacial score (nSPS) is 11.4. The molecule has 26 heavy (non-hydrogen) atoms. The molecule has 0 fully saturated rings. The molecule has 3 rings (SSSR count). The molecule has 0 saturated carbocycles. The van der Waals surface area contributed by atoms with E-state index < -0.39 is 0 Å².